The summed E-state index contributed by atoms with van der Waals surface area (Å²) in [5.74, 6) is 1.01. The van der Waals surface area contributed by atoms with Gasteiger partial charge in [-0.25, -0.2) is 4.98 Å². The Morgan fingerprint density at radius 2 is 1.97 bits per heavy atom. The second kappa shape index (κ2) is 9.15. The highest BCUT2D eigenvalue weighted by Gasteiger charge is 2.15. The number of hydrogen-bond acceptors (Lipinski definition) is 5. The molecule has 0 fully saturated rings. The zero-order valence-corrected chi connectivity index (χ0v) is 17.9. The number of benzene rings is 2. The summed E-state index contributed by atoms with van der Waals surface area (Å²) < 4.78 is 5.70. The molecule has 5 nitrogen and oxygen atoms in total. The van der Waals surface area contributed by atoms with Crippen molar-refractivity contribution in [1.82, 2.24) is 4.98 Å². The van der Waals surface area contributed by atoms with Gasteiger partial charge in [0.25, 0.3) is 0 Å². The number of carbonyl (C=O) groups excluding carboxylic acids is 1. The fourth-order valence-electron chi connectivity index (χ4n) is 2.98. The maximum Gasteiger partial charge on any atom is 0.236 e. The van der Waals surface area contributed by atoms with E-state index in [1.54, 1.807) is 17.4 Å². The average molecular weight is 438 g/mol. The van der Waals surface area contributed by atoms with Crippen LogP contribution in [0.3, 0.4) is 0 Å². The van der Waals surface area contributed by atoms with Gasteiger partial charge in [-0.05, 0) is 42.1 Å². The van der Waals surface area contributed by atoms with E-state index in [1.807, 2.05) is 66.9 Å². The van der Waals surface area contributed by atoms with Gasteiger partial charge in [-0.1, -0.05) is 48.0 Å². The van der Waals surface area contributed by atoms with Gasteiger partial charge in [0.05, 0.1) is 27.7 Å². The van der Waals surface area contributed by atoms with Gasteiger partial charge in [0.1, 0.15) is 5.76 Å². The molecule has 0 aliphatic heterocycles. The Morgan fingerprint density at radius 1 is 1.13 bits per heavy atom. The van der Waals surface area contributed by atoms with Crippen molar-refractivity contribution in [2.45, 2.75) is 19.9 Å². The summed E-state index contributed by atoms with van der Waals surface area (Å²) in [6.45, 7) is 2.49. The molecule has 0 saturated carbocycles. The lowest BCUT2D eigenvalue weighted by Gasteiger charge is -2.11. The summed E-state index contributed by atoms with van der Waals surface area (Å²) in [6.07, 6.45) is 0.131. The minimum Gasteiger partial charge on any atom is -0.440 e. The molecule has 0 aliphatic rings. The molecule has 1 amide bonds. The van der Waals surface area contributed by atoms with Crippen LogP contribution in [0.2, 0.25) is 5.02 Å². The first-order valence-corrected chi connectivity index (χ1v) is 10.7. The number of rotatable bonds is 7. The smallest absolute Gasteiger partial charge is 0.236 e. The highest BCUT2D eigenvalue weighted by Crippen LogP contribution is 2.28. The topological polar surface area (TPSA) is 67.2 Å². The number of nitrogens with zero attached hydrogens (tertiary/aromatic N) is 1. The van der Waals surface area contributed by atoms with Crippen LogP contribution in [0.5, 0.6) is 0 Å². The standard InChI is InChI=1S/C23H20ClN3O2S/c1-15-20(27-23(29-15)21-8-5-11-30-21)13-22(28)26-17-9-10-19(18(24)12-17)25-14-16-6-3-2-4-7-16/h2-12,25H,13-14H2,1H3,(H,26,28). The van der Waals surface area contributed by atoms with E-state index in [0.717, 1.165) is 16.1 Å². The van der Waals surface area contributed by atoms with Crippen LogP contribution in [0.25, 0.3) is 10.8 Å². The lowest BCUT2D eigenvalue weighted by atomic mass is 10.2. The summed E-state index contributed by atoms with van der Waals surface area (Å²) >= 11 is 7.93. The second-order valence-electron chi connectivity index (χ2n) is 6.76. The molecule has 2 N–H and O–H groups in total. The van der Waals surface area contributed by atoms with Crippen LogP contribution in [-0.4, -0.2) is 10.9 Å². The Kier molecular flexibility index (Phi) is 6.16. The van der Waals surface area contributed by atoms with Gasteiger partial charge >= 0.3 is 0 Å². The Labute approximate surface area is 183 Å². The third-order valence-corrected chi connectivity index (χ3v) is 5.70. The molecule has 7 heteroatoms. The number of carbonyl (C=O) groups is 1. The maximum atomic E-state index is 12.5. The summed E-state index contributed by atoms with van der Waals surface area (Å²) in [7, 11) is 0. The summed E-state index contributed by atoms with van der Waals surface area (Å²) in [5, 5.41) is 8.68. The molecular formula is C23H20ClN3O2S. The van der Waals surface area contributed by atoms with Crippen LogP contribution in [0.1, 0.15) is 17.0 Å². The Morgan fingerprint density at radius 3 is 2.70 bits per heavy atom. The lowest BCUT2D eigenvalue weighted by molar-refractivity contribution is -0.115. The van der Waals surface area contributed by atoms with E-state index < -0.39 is 0 Å². The Balaban J connectivity index is 1.37. The zero-order chi connectivity index (χ0) is 20.9. The van der Waals surface area contributed by atoms with Crippen LogP contribution >= 0.6 is 22.9 Å². The van der Waals surface area contributed by atoms with E-state index in [2.05, 4.69) is 15.6 Å². The minimum atomic E-state index is -0.176. The first kappa shape index (κ1) is 20.2. The number of aryl methyl sites for hydroxylation is 1. The Bertz CT molecular complexity index is 1140. The third-order valence-electron chi connectivity index (χ3n) is 4.53. The molecule has 0 atom stereocenters. The Hall–Kier alpha value is -3.09. The number of halogens is 1. The number of nitrogens with one attached hydrogen (secondary N) is 2. The van der Waals surface area contributed by atoms with Gasteiger partial charge < -0.3 is 15.1 Å². The molecule has 0 spiro atoms. The van der Waals surface area contributed by atoms with Crippen molar-refractivity contribution in [3.63, 3.8) is 0 Å². The zero-order valence-electron chi connectivity index (χ0n) is 16.3. The SMILES string of the molecule is Cc1oc(-c2cccs2)nc1CC(=O)Nc1ccc(NCc2ccccc2)c(Cl)c1. The summed E-state index contributed by atoms with van der Waals surface area (Å²) in [5.41, 5.74) is 3.24. The normalized spacial score (nSPS) is 10.7. The number of anilines is 2. The third kappa shape index (κ3) is 4.90. The molecule has 2 aromatic carbocycles. The van der Waals surface area contributed by atoms with Crippen molar-refractivity contribution in [2.24, 2.45) is 0 Å². The largest absolute Gasteiger partial charge is 0.440 e. The van der Waals surface area contributed by atoms with E-state index in [4.69, 9.17) is 16.0 Å². The van der Waals surface area contributed by atoms with Crippen molar-refractivity contribution in [3.05, 3.63) is 88.1 Å². The van der Waals surface area contributed by atoms with E-state index in [9.17, 15) is 4.79 Å². The number of hydrogen-bond donors (Lipinski definition) is 2. The molecule has 0 bridgehead atoms. The second-order valence-corrected chi connectivity index (χ2v) is 8.11. The van der Waals surface area contributed by atoms with Crippen LogP contribution in [0, 0.1) is 6.92 Å². The average Bonchev–Trinajstić information content (AvgIpc) is 3.38. The molecule has 0 unspecified atom stereocenters. The predicted octanol–water partition coefficient (Wildman–Crippen LogP) is 6.16. The maximum absolute atomic E-state index is 12.5. The van der Waals surface area contributed by atoms with E-state index in [1.165, 1.54) is 0 Å². The van der Waals surface area contributed by atoms with Gasteiger partial charge in [-0.15, -0.1) is 11.3 Å². The molecule has 2 heterocycles. The molecular weight excluding hydrogens is 418 g/mol. The quantitative estimate of drug-likeness (QED) is 0.363. The highest BCUT2D eigenvalue weighted by atomic mass is 35.5. The van der Waals surface area contributed by atoms with Crippen molar-refractivity contribution in [1.29, 1.82) is 0 Å². The van der Waals surface area contributed by atoms with Crippen molar-refractivity contribution in [3.8, 4) is 10.8 Å². The number of oxazole rings is 1. The van der Waals surface area contributed by atoms with Crippen molar-refractivity contribution in [2.75, 3.05) is 10.6 Å². The van der Waals surface area contributed by atoms with Gasteiger partial charge in [-0.2, -0.15) is 0 Å². The van der Waals surface area contributed by atoms with Gasteiger partial charge in [0, 0.05) is 12.2 Å². The van der Waals surface area contributed by atoms with Crippen LogP contribution < -0.4 is 10.6 Å². The summed E-state index contributed by atoms with van der Waals surface area (Å²) in [6, 6.07) is 19.4. The fraction of sp³-hybridized carbons (Fsp3) is 0.130. The minimum absolute atomic E-state index is 0.131. The molecule has 30 heavy (non-hydrogen) atoms. The fourth-order valence-corrected chi connectivity index (χ4v) is 3.88. The van der Waals surface area contributed by atoms with Gasteiger partial charge in [-0.3, -0.25) is 4.79 Å². The first-order valence-electron chi connectivity index (χ1n) is 9.46. The highest BCUT2D eigenvalue weighted by molar-refractivity contribution is 7.13. The molecule has 0 radical (unpaired) electrons. The van der Waals surface area contributed by atoms with Crippen molar-refractivity contribution < 1.29 is 9.21 Å². The monoisotopic (exact) mass is 437 g/mol. The van der Waals surface area contributed by atoms with E-state index in [-0.39, 0.29) is 12.3 Å². The number of aromatic nitrogens is 1. The molecule has 0 saturated heterocycles. The lowest BCUT2D eigenvalue weighted by Crippen LogP contribution is -2.15. The van der Waals surface area contributed by atoms with Gasteiger partial charge in [0.15, 0.2) is 0 Å². The first-order chi connectivity index (χ1) is 14.6. The van der Waals surface area contributed by atoms with Gasteiger partial charge in [0.2, 0.25) is 11.8 Å². The molecule has 2 aromatic heterocycles. The molecule has 4 rings (SSSR count). The van der Waals surface area contributed by atoms with Crippen molar-refractivity contribution >= 4 is 40.2 Å². The van der Waals surface area contributed by atoms with E-state index in [0.29, 0.717) is 34.6 Å². The van der Waals surface area contributed by atoms with Crippen LogP contribution in [0.15, 0.2) is 70.5 Å². The number of thiophene rings is 1. The van der Waals surface area contributed by atoms with Crippen LogP contribution in [0.4, 0.5) is 11.4 Å². The molecule has 152 valence electrons. The predicted molar refractivity (Wildman–Crippen MR) is 122 cm³/mol. The molecule has 4 aromatic rings. The van der Waals surface area contributed by atoms with Crippen LogP contribution in [-0.2, 0) is 17.8 Å². The van der Waals surface area contributed by atoms with E-state index >= 15 is 0 Å². The molecule has 0 aliphatic carbocycles. The summed E-state index contributed by atoms with van der Waals surface area (Å²) in [4.78, 5) is 17.9. The number of amides is 1.